The van der Waals surface area contributed by atoms with Crippen LogP contribution in [0.4, 0.5) is 5.82 Å². The van der Waals surface area contributed by atoms with Gasteiger partial charge in [0, 0.05) is 25.2 Å². The van der Waals surface area contributed by atoms with Crippen molar-refractivity contribution >= 4 is 11.8 Å². The summed E-state index contributed by atoms with van der Waals surface area (Å²) in [7, 11) is 0. The van der Waals surface area contributed by atoms with Crippen LogP contribution in [-0.4, -0.2) is 35.7 Å². The SMILES string of the molecule is Cc1cc(COc2c(C)cccc2-c2cccc(N3CC4C[C@]4(C(=O)O)C3)n2)cc2c1CNCC2. The molecule has 3 aromatic rings. The summed E-state index contributed by atoms with van der Waals surface area (Å²) in [6.45, 7) is 8.01. The van der Waals surface area contributed by atoms with E-state index in [1.165, 1.54) is 22.3 Å². The number of nitrogens with zero attached hydrogens (tertiary/aromatic N) is 2. The number of nitrogens with one attached hydrogen (secondary N) is 1. The fourth-order valence-corrected chi connectivity index (χ4v) is 5.91. The van der Waals surface area contributed by atoms with E-state index in [0.717, 1.165) is 60.9 Å². The molecule has 35 heavy (non-hydrogen) atoms. The Kier molecular flexibility index (Phi) is 5.29. The minimum atomic E-state index is -0.677. The normalized spacial score (nSPS) is 22.5. The Labute approximate surface area is 206 Å². The summed E-state index contributed by atoms with van der Waals surface area (Å²) in [6, 6.07) is 16.7. The van der Waals surface area contributed by atoms with Crippen LogP contribution in [0.2, 0.25) is 0 Å². The fourth-order valence-electron chi connectivity index (χ4n) is 5.91. The molecule has 0 bridgehead atoms. The van der Waals surface area contributed by atoms with E-state index in [1.807, 2.05) is 24.3 Å². The van der Waals surface area contributed by atoms with Crippen LogP contribution in [-0.2, 0) is 24.4 Å². The second kappa shape index (κ2) is 8.38. The Morgan fingerprint density at radius 1 is 1.20 bits per heavy atom. The molecule has 1 saturated heterocycles. The van der Waals surface area contributed by atoms with Crippen molar-refractivity contribution in [2.45, 2.75) is 39.8 Å². The number of aliphatic carboxylic acids is 1. The Bertz CT molecular complexity index is 1320. The van der Waals surface area contributed by atoms with Gasteiger partial charge in [0.1, 0.15) is 18.2 Å². The summed E-state index contributed by atoms with van der Waals surface area (Å²) in [4.78, 5) is 18.8. The van der Waals surface area contributed by atoms with Crippen molar-refractivity contribution in [1.29, 1.82) is 0 Å². The molecule has 1 aromatic heterocycles. The number of ether oxygens (including phenoxy) is 1. The third kappa shape index (κ3) is 3.86. The zero-order valence-corrected chi connectivity index (χ0v) is 20.3. The lowest BCUT2D eigenvalue weighted by molar-refractivity contribution is -0.143. The number of carboxylic acid groups (broad SMARTS) is 1. The zero-order chi connectivity index (χ0) is 24.2. The molecular formula is C29H31N3O3. The van der Waals surface area contributed by atoms with Crippen molar-refractivity contribution < 1.29 is 14.6 Å². The molecular weight excluding hydrogens is 438 g/mol. The number of para-hydroxylation sites is 1. The number of anilines is 1. The lowest BCUT2D eigenvalue weighted by Gasteiger charge is -2.22. The number of hydrogen-bond acceptors (Lipinski definition) is 5. The van der Waals surface area contributed by atoms with Crippen molar-refractivity contribution in [3.8, 4) is 17.0 Å². The minimum absolute atomic E-state index is 0.235. The highest BCUT2D eigenvalue weighted by Gasteiger charge is 2.65. The predicted octanol–water partition coefficient (Wildman–Crippen LogP) is 4.50. The van der Waals surface area contributed by atoms with Crippen molar-refractivity contribution in [3.63, 3.8) is 0 Å². The Balaban J connectivity index is 1.26. The van der Waals surface area contributed by atoms with E-state index in [1.54, 1.807) is 0 Å². The molecule has 0 amide bonds. The number of pyridine rings is 1. The number of hydrogen-bond donors (Lipinski definition) is 2. The maximum absolute atomic E-state index is 11.7. The summed E-state index contributed by atoms with van der Waals surface area (Å²) >= 11 is 0. The quantitative estimate of drug-likeness (QED) is 0.554. The van der Waals surface area contributed by atoms with Crippen LogP contribution in [0.3, 0.4) is 0 Å². The maximum atomic E-state index is 11.7. The van der Waals surface area contributed by atoms with Crippen LogP contribution in [0.5, 0.6) is 5.75 Å². The van der Waals surface area contributed by atoms with E-state index in [2.05, 4.69) is 48.3 Å². The predicted molar refractivity (Wildman–Crippen MR) is 136 cm³/mol. The second-order valence-electron chi connectivity index (χ2n) is 10.3. The third-order valence-electron chi connectivity index (χ3n) is 8.00. The van der Waals surface area contributed by atoms with Crippen LogP contribution in [0, 0.1) is 25.2 Å². The minimum Gasteiger partial charge on any atom is -0.488 e. The zero-order valence-electron chi connectivity index (χ0n) is 20.3. The average molecular weight is 470 g/mol. The molecule has 2 aromatic carbocycles. The first-order valence-electron chi connectivity index (χ1n) is 12.4. The van der Waals surface area contributed by atoms with Gasteiger partial charge in [0.25, 0.3) is 0 Å². The first-order valence-corrected chi connectivity index (χ1v) is 12.4. The first kappa shape index (κ1) is 22.1. The molecule has 2 aliphatic heterocycles. The number of piperidine rings is 1. The van der Waals surface area contributed by atoms with Crippen molar-refractivity contribution in [3.05, 3.63) is 76.3 Å². The van der Waals surface area contributed by atoms with E-state index in [9.17, 15) is 9.90 Å². The maximum Gasteiger partial charge on any atom is 0.311 e. The Morgan fingerprint density at radius 3 is 2.89 bits per heavy atom. The fraction of sp³-hybridized carbons (Fsp3) is 0.379. The first-order chi connectivity index (χ1) is 16.9. The van der Waals surface area contributed by atoms with E-state index in [-0.39, 0.29) is 5.92 Å². The molecule has 3 heterocycles. The number of aromatic nitrogens is 1. The van der Waals surface area contributed by atoms with Gasteiger partial charge >= 0.3 is 5.97 Å². The van der Waals surface area contributed by atoms with E-state index >= 15 is 0 Å². The summed E-state index contributed by atoms with van der Waals surface area (Å²) in [5.41, 5.74) is 7.65. The van der Waals surface area contributed by atoms with Gasteiger partial charge in [0.15, 0.2) is 0 Å². The van der Waals surface area contributed by atoms with Crippen LogP contribution in [0.15, 0.2) is 48.5 Å². The molecule has 6 nitrogen and oxygen atoms in total. The third-order valence-corrected chi connectivity index (χ3v) is 8.00. The molecule has 1 saturated carbocycles. The molecule has 3 aliphatic rings. The van der Waals surface area contributed by atoms with Crippen LogP contribution in [0.1, 0.15) is 34.2 Å². The highest BCUT2D eigenvalue weighted by molar-refractivity contribution is 5.81. The number of carbonyl (C=O) groups is 1. The monoisotopic (exact) mass is 469 g/mol. The van der Waals surface area contributed by atoms with Crippen molar-refractivity contribution in [2.24, 2.45) is 11.3 Å². The standard InChI is InChI=1S/C29H31N3O3/c1-18-5-3-6-23(27(18)35-16-20-11-19(2)24-14-30-10-9-21(24)12-20)25-7-4-8-26(31-25)32-15-22-13-29(22,17-32)28(33)34/h3-8,11-12,22,30H,9-10,13-17H2,1-2H3,(H,33,34)/t22?,29-/m0/s1. The average Bonchev–Trinajstić information content (AvgIpc) is 3.44. The topological polar surface area (TPSA) is 74.7 Å². The molecule has 2 atom stereocenters. The van der Waals surface area contributed by atoms with Gasteiger partial charge in [-0.15, -0.1) is 0 Å². The summed E-state index contributed by atoms with van der Waals surface area (Å²) < 4.78 is 6.44. The van der Waals surface area contributed by atoms with Crippen LogP contribution < -0.4 is 15.0 Å². The molecule has 6 rings (SSSR count). The second-order valence-corrected chi connectivity index (χ2v) is 10.3. The lowest BCUT2D eigenvalue weighted by Crippen LogP contribution is -2.29. The van der Waals surface area contributed by atoms with E-state index in [0.29, 0.717) is 13.2 Å². The smallest absolute Gasteiger partial charge is 0.311 e. The van der Waals surface area contributed by atoms with E-state index < -0.39 is 11.4 Å². The highest BCUT2D eigenvalue weighted by atomic mass is 16.5. The number of rotatable bonds is 6. The molecule has 0 spiro atoms. The van der Waals surface area contributed by atoms with Gasteiger partial charge in [0.05, 0.1) is 11.1 Å². The van der Waals surface area contributed by atoms with Gasteiger partial charge in [-0.25, -0.2) is 4.98 Å². The molecule has 6 heteroatoms. The molecule has 2 N–H and O–H groups in total. The molecule has 2 fully saturated rings. The largest absolute Gasteiger partial charge is 0.488 e. The molecule has 1 unspecified atom stereocenters. The molecule has 0 radical (unpaired) electrons. The van der Waals surface area contributed by atoms with Crippen LogP contribution >= 0.6 is 0 Å². The number of aryl methyl sites for hydroxylation is 2. The van der Waals surface area contributed by atoms with Crippen molar-refractivity contribution in [1.82, 2.24) is 10.3 Å². The lowest BCUT2D eigenvalue weighted by atomic mass is 9.94. The Hall–Kier alpha value is -3.38. The highest BCUT2D eigenvalue weighted by Crippen LogP contribution is 2.58. The summed E-state index contributed by atoms with van der Waals surface area (Å²) in [5, 5.41) is 13.1. The van der Waals surface area contributed by atoms with Gasteiger partial charge in [-0.1, -0.05) is 30.3 Å². The van der Waals surface area contributed by atoms with Gasteiger partial charge in [-0.2, -0.15) is 0 Å². The van der Waals surface area contributed by atoms with E-state index in [4.69, 9.17) is 9.72 Å². The van der Waals surface area contributed by atoms with Gasteiger partial charge in [-0.05, 0) is 85.2 Å². The number of carboxylic acids is 1. The summed E-state index contributed by atoms with van der Waals surface area (Å²) in [5.74, 6) is 1.24. The number of benzene rings is 2. The van der Waals surface area contributed by atoms with Gasteiger partial charge < -0.3 is 20.1 Å². The van der Waals surface area contributed by atoms with Crippen molar-refractivity contribution in [2.75, 3.05) is 24.5 Å². The van der Waals surface area contributed by atoms with Gasteiger partial charge in [-0.3, -0.25) is 4.79 Å². The van der Waals surface area contributed by atoms with Crippen LogP contribution in [0.25, 0.3) is 11.3 Å². The molecule has 1 aliphatic carbocycles. The summed E-state index contributed by atoms with van der Waals surface area (Å²) in [6.07, 6.45) is 1.84. The number of fused-ring (bicyclic) bond motifs is 2. The van der Waals surface area contributed by atoms with Gasteiger partial charge in [0.2, 0.25) is 0 Å². The molecule has 180 valence electrons. The Morgan fingerprint density at radius 2 is 2.06 bits per heavy atom.